The van der Waals surface area contributed by atoms with Gasteiger partial charge in [0.05, 0.1) is 26.0 Å². The van der Waals surface area contributed by atoms with Crippen molar-refractivity contribution in [3.63, 3.8) is 0 Å². The van der Waals surface area contributed by atoms with Gasteiger partial charge in [0.2, 0.25) is 0 Å². The molecule has 1 amide bonds. The zero-order chi connectivity index (χ0) is 17.5. The van der Waals surface area contributed by atoms with Crippen LogP contribution in [0.2, 0.25) is 0 Å². The summed E-state index contributed by atoms with van der Waals surface area (Å²) in [6.07, 6.45) is 4.35. The molecule has 0 aliphatic rings. The number of aromatic nitrogens is 1. The Morgan fingerprint density at radius 1 is 1.25 bits per heavy atom. The molecule has 0 saturated carbocycles. The summed E-state index contributed by atoms with van der Waals surface area (Å²) in [5.41, 5.74) is 1.02. The van der Waals surface area contributed by atoms with Gasteiger partial charge in [0.25, 0.3) is 5.91 Å². The average molecular weight is 332 g/mol. The Bertz CT molecular complexity index is 668. The number of hydrogen-bond donors (Lipinski definition) is 1. The molecule has 1 atom stereocenters. The predicted molar refractivity (Wildman–Crippen MR) is 91.5 cm³/mol. The van der Waals surface area contributed by atoms with E-state index in [0.29, 0.717) is 28.4 Å². The van der Waals surface area contributed by atoms with Crippen LogP contribution < -0.4 is 14.8 Å². The molecule has 2 rings (SSSR count). The zero-order valence-electron chi connectivity index (χ0n) is 14.6. The van der Waals surface area contributed by atoms with Crippen LogP contribution in [0.3, 0.4) is 0 Å². The van der Waals surface area contributed by atoms with Gasteiger partial charge in [-0.1, -0.05) is 25.4 Å². The minimum Gasteiger partial charge on any atom is -0.496 e. The monoisotopic (exact) mass is 332 g/mol. The number of amides is 1. The SMILES string of the molecule is CCCC(CC)NC(=O)c1c(OC)ccc(-c2ccno2)c1OC. The van der Waals surface area contributed by atoms with Crippen LogP contribution in [0.15, 0.2) is 28.9 Å². The van der Waals surface area contributed by atoms with Crippen LogP contribution in [0.4, 0.5) is 0 Å². The summed E-state index contributed by atoms with van der Waals surface area (Å²) in [7, 11) is 3.05. The number of rotatable bonds is 8. The summed E-state index contributed by atoms with van der Waals surface area (Å²) < 4.78 is 16.1. The second kappa shape index (κ2) is 8.38. The van der Waals surface area contributed by atoms with Crippen LogP contribution in [0, 0.1) is 0 Å². The van der Waals surface area contributed by atoms with Crippen molar-refractivity contribution < 1.29 is 18.8 Å². The third kappa shape index (κ3) is 3.69. The van der Waals surface area contributed by atoms with E-state index in [1.54, 1.807) is 24.4 Å². The van der Waals surface area contributed by atoms with Crippen LogP contribution in [0.25, 0.3) is 11.3 Å². The van der Waals surface area contributed by atoms with Gasteiger partial charge >= 0.3 is 0 Å². The summed E-state index contributed by atoms with van der Waals surface area (Å²) in [5.74, 6) is 1.18. The number of ether oxygens (including phenoxy) is 2. The number of benzene rings is 1. The van der Waals surface area contributed by atoms with E-state index < -0.39 is 0 Å². The van der Waals surface area contributed by atoms with Crippen molar-refractivity contribution in [1.82, 2.24) is 10.5 Å². The number of nitrogens with zero attached hydrogens (tertiary/aromatic N) is 1. The summed E-state index contributed by atoms with van der Waals surface area (Å²) in [4.78, 5) is 12.9. The second-order valence-corrected chi connectivity index (χ2v) is 5.47. The average Bonchev–Trinajstić information content (AvgIpc) is 3.14. The summed E-state index contributed by atoms with van der Waals surface area (Å²) in [6.45, 7) is 4.15. The lowest BCUT2D eigenvalue weighted by Gasteiger charge is -2.19. The second-order valence-electron chi connectivity index (χ2n) is 5.47. The first-order valence-corrected chi connectivity index (χ1v) is 8.13. The van der Waals surface area contributed by atoms with E-state index in [9.17, 15) is 4.79 Å². The zero-order valence-corrected chi connectivity index (χ0v) is 14.6. The Morgan fingerprint density at radius 3 is 2.58 bits per heavy atom. The highest BCUT2D eigenvalue weighted by Crippen LogP contribution is 2.38. The smallest absolute Gasteiger partial charge is 0.259 e. The molecule has 0 bridgehead atoms. The topological polar surface area (TPSA) is 73.6 Å². The van der Waals surface area contributed by atoms with Crippen LogP contribution >= 0.6 is 0 Å². The largest absolute Gasteiger partial charge is 0.496 e. The van der Waals surface area contributed by atoms with E-state index >= 15 is 0 Å². The number of carbonyl (C=O) groups excluding carboxylic acids is 1. The molecule has 1 heterocycles. The standard InChI is InChI=1S/C18H24N2O4/c1-5-7-12(6-2)20-18(21)16-15(22-3)9-8-13(17(16)23-4)14-10-11-19-24-14/h8-12H,5-7H2,1-4H3,(H,20,21). The lowest BCUT2D eigenvalue weighted by atomic mass is 10.0. The lowest BCUT2D eigenvalue weighted by molar-refractivity contribution is 0.0927. The number of nitrogens with one attached hydrogen (secondary N) is 1. The highest BCUT2D eigenvalue weighted by atomic mass is 16.5. The molecule has 2 aromatic rings. The van der Waals surface area contributed by atoms with Crippen molar-refractivity contribution in [1.29, 1.82) is 0 Å². The fraction of sp³-hybridized carbons (Fsp3) is 0.444. The molecule has 1 aromatic heterocycles. The molecule has 6 nitrogen and oxygen atoms in total. The van der Waals surface area contributed by atoms with E-state index in [1.165, 1.54) is 14.2 Å². The van der Waals surface area contributed by atoms with Gasteiger partial charge in [-0.2, -0.15) is 0 Å². The third-order valence-corrected chi connectivity index (χ3v) is 3.94. The maximum absolute atomic E-state index is 12.9. The summed E-state index contributed by atoms with van der Waals surface area (Å²) in [6, 6.07) is 5.36. The van der Waals surface area contributed by atoms with E-state index in [1.807, 2.05) is 0 Å². The van der Waals surface area contributed by atoms with Crippen molar-refractivity contribution in [3.8, 4) is 22.8 Å². The van der Waals surface area contributed by atoms with Gasteiger partial charge in [-0.25, -0.2) is 0 Å². The molecule has 1 unspecified atom stereocenters. The molecule has 24 heavy (non-hydrogen) atoms. The van der Waals surface area contributed by atoms with Crippen molar-refractivity contribution in [2.24, 2.45) is 0 Å². The van der Waals surface area contributed by atoms with Crippen molar-refractivity contribution in [2.45, 2.75) is 39.2 Å². The van der Waals surface area contributed by atoms with E-state index in [0.717, 1.165) is 19.3 Å². The van der Waals surface area contributed by atoms with Crippen LogP contribution in [0.5, 0.6) is 11.5 Å². The molecule has 0 saturated heterocycles. The molecule has 6 heteroatoms. The molecule has 0 spiro atoms. The Kier molecular flexibility index (Phi) is 6.23. The fourth-order valence-corrected chi connectivity index (χ4v) is 2.69. The molecule has 0 aliphatic carbocycles. The minimum absolute atomic E-state index is 0.117. The van der Waals surface area contributed by atoms with Gasteiger partial charge in [-0.15, -0.1) is 0 Å². The normalized spacial score (nSPS) is 11.8. The van der Waals surface area contributed by atoms with Crippen molar-refractivity contribution in [2.75, 3.05) is 14.2 Å². The Labute approximate surface area is 142 Å². The summed E-state index contributed by atoms with van der Waals surface area (Å²) >= 11 is 0. The van der Waals surface area contributed by atoms with Gasteiger partial charge in [0.15, 0.2) is 5.76 Å². The van der Waals surface area contributed by atoms with Gasteiger partial charge < -0.3 is 19.3 Å². The summed E-state index contributed by atoms with van der Waals surface area (Å²) in [5, 5.41) is 6.78. The molecule has 1 aromatic carbocycles. The highest BCUT2D eigenvalue weighted by Gasteiger charge is 2.24. The van der Waals surface area contributed by atoms with E-state index in [-0.39, 0.29) is 11.9 Å². The predicted octanol–water partition coefficient (Wildman–Crippen LogP) is 3.67. The molecule has 0 fully saturated rings. The Balaban J connectivity index is 2.46. The quantitative estimate of drug-likeness (QED) is 0.798. The molecule has 130 valence electrons. The van der Waals surface area contributed by atoms with Crippen molar-refractivity contribution >= 4 is 5.91 Å². The molecular formula is C18H24N2O4. The van der Waals surface area contributed by atoms with E-state index in [4.69, 9.17) is 14.0 Å². The van der Waals surface area contributed by atoms with E-state index in [2.05, 4.69) is 24.3 Å². The molecular weight excluding hydrogens is 308 g/mol. The number of carbonyl (C=O) groups is 1. The van der Waals surface area contributed by atoms with Crippen LogP contribution in [0.1, 0.15) is 43.5 Å². The first kappa shape index (κ1) is 17.8. The van der Waals surface area contributed by atoms with Gasteiger partial charge in [0.1, 0.15) is 17.1 Å². The Morgan fingerprint density at radius 2 is 2.04 bits per heavy atom. The fourth-order valence-electron chi connectivity index (χ4n) is 2.69. The first-order valence-electron chi connectivity index (χ1n) is 8.13. The maximum atomic E-state index is 12.9. The van der Waals surface area contributed by atoms with Gasteiger partial charge in [0, 0.05) is 12.1 Å². The molecule has 0 aliphatic heterocycles. The maximum Gasteiger partial charge on any atom is 0.259 e. The van der Waals surface area contributed by atoms with Gasteiger partial charge in [-0.05, 0) is 25.0 Å². The molecule has 0 radical (unpaired) electrons. The Hall–Kier alpha value is -2.50. The van der Waals surface area contributed by atoms with Crippen molar-refractivity contribution in [3.05, 3.63) is 30.0 Å². The number of hydrogen-bond acceptors (Lipinski definition) is 5. The first-order chi connectivity index (χ1) is 11.7. The van der Waals surface area contributed by atoms with Gasteiger partial charge in [-0.3, -0.25) is 4.79 Å². The third-order valence-electron chi connectivity index (χ3n) is 3.94. The van der Waals surface area contributed by atoms with Crippen LogP contribution in [-0.2, 0) is 0 Å². The van der Waals surface area contributed by atoms with Crippen LogP contribution in [-0.4, -0.2) is 31.3 Å². The highest BCUT2D eigenvalue weighted by molar-refractivity contribution is 6.02. The lowest BCUT2D eigenvalue weighted by Crippen LogP contribution is -2.34. The molecule has 1 N–H and O–H groups in total. The minimum atomic E-state index is -0.217. The number of methoxy groups -OCH3 is 2.